The molecule has 0 aromatic rings. The van der Waals surface area contributed by atoms with Crippen molar-refractivity contribution in [1.29, 1.82) is 0 Å². The SMILES string of the molecule is CCCCC/C=C\C/C=C\C/C=C\C/C=C\CCCCCC(=O)OC[C@@H](COC(=O)CCCCCCC/C=C\CCCCCC)OC(=O)CCCCCCC/C=C\CCCCCC. The Hall–Kier alpha value is -3.15. The second-order valence-electron chi connectivity index (χ2n) is 17.4. The molecule has 0 aromatic heterocycles. The van der Waals surface area contributed by atoms with Crippen molar-refractivity contribution in [2.24, 2.45) is 0 Å². The predicted molar refractivity (Wildman–Crippen MR) is 270 cm³/mol. The highest BCUT2D eigenvalue weighted by molar-refractivity contribution is 5.71. The molecule has 362 valence electrons. The Morgan fingerprint density at radius 2 is 0.571 bits per heavy atom. The summed E-state index contributed by atoms with van der Waals surface area (Å²) in [6, 6.07) is 0. The largest absolute Gasteiger partial charge is 0.462 e. The Morgan fingerprint density at radius 3 is 0.952 bits per heavy atom. The van der Waals surface area contributed by atoms with E-state index in [1.165, 1.54) is 109 Å². The summed E-state index contributed by atoms with van der Waals surface area (Å²) in [7, 11) is 0. The van der Waals surface area contributed by atoms with Gasteiger partial charge in [0.15, 0.2) is 6.10 Å². The molecule has 0 amide bonds. The van der Waals surface area contributed by atoms with Crippen LogP contribution in [-0.4, -0.2) is 37.2 Å². The van der Waals surface area contributed by atoms with Gasteiger partial charge in [-0.05, 0) is 116 Å². The number of carbonyl (C=O) groups is 3. The summed E-state index contributed by atoms with van der Waals surface area (Å²) in [5.74, 6) is -0.941. The van der Waals surface area contributed by atoms with Gasteiger partial charge in [-0.25, -0.2) is 0 Å². The van der Waals surface area contributed by atoms with E-state index in [0.29, 0.717) is 19.3 Å². The van der Waals surface area contributed by atoms with Crippen LogP contribution in [0.4, 0.5) is 0 Å². The van der Waals surface area contributed by atoms with Crippen molar-refractivity contribution < 1.29 is 28.6 Å². The lowest BCUT2D eigenvalue weighted by molar-refractivity contribution is -0.167. The molecule has 1 atom stereocenters. The van der Waals surface area contributed by atoms with Gasteiger partial charge in [0.1, 0.15) is 13.2 Å². The number of ether oxygens (including phenoxy) is 3. The van der Waals surface area contributed by atoms with Crippen LogP contribution in [0.3, 0.4) is 0 Å². The zero-order valence-corrected chi connectivity index (χ0v) is 41.3. The summed E-state index contributed by atoms with van der Waals surface area (Å²) in [6.07, 6.45) is 64.5. The molecule has 0 saturated heterocycles. The van der Waals surface area contributed by atoms with Crippen LogP contribution in [0.2, 0.25) is 0 Å². The number of carbonyl (C=O) groups excluding carboxylic acids is 3. The molecule has 6 nitrogen and oxygen atoms in total. The number of rotatable bonds is 47. The predicted octanol–water partition coefficient (Wildman–Crippen LogP) is 17.4. The van der Waals surface area contributed by atoms with Gasteiger partial charge in [-0.2, -0.15) is 0 Å². The molecule has 0 spiro atoms. The fourth-order valence-electron chi connectivity index (χ4n) is 7.12. The van der Waals surface area contributed by atoms with Crippen molar-refractivity contribution in [2.45, 2.75) is 258 Å². The van der Waals surface area contributed by atoms with E-state index in [1.807, 2.05) is 0 Å². The Labute approximate surface area is 389 Å². The average molecular weight is 879 g/mol. The molecule has 0 unspecified atom stereocenters. The lowest BCUT2D eigenvalue weighted by atomic mass is 10.1. The number of unbranched alkanes of at least 4 members (excludes halogenated alkanes) is 24. The maximum atomic E-state index is 12.8. The van der Waals surface area contributed by atoms with E-state index in [-0.39, 0.29) is 31.1 Å². The monoisotopic (exact) mass is 879 g/mol. The van der Waals surface area contributed by atoms with E-state index < -0.39 is 6.10 Å². The van der Waals surface area contributed by atoms with Crippen LogP contribution in [0, 0.1) is 0 Å². The zero-order chi connectivity index (χ0) is 45.8. The molecule has 0 aliphatic rings. The van der Waals surface area contributed by atoms with E-state index in [9.17, 15) is 14.4 Å². The van der Waals surface area contributed by atoms with Gasteiger partial charge in [0.25, 0.3) is 0 Å². The fraction of sp³-hybridized carbons (Fsp3) is 0.737. The molecule has 0 aromatic carbocycles. The van der Waals surface area contributed by atoms with Crippen LogP contribution in [0.1, 0.15) is 252 Å². The first-order valence-corrected chi connectivity index (χ1v) is 26.4. The number of hydrogen-bond acceptors (Lipinski definition) is 6. The Morgan fingerprint density at radius 1 is 0.317 bits per heavy atom. The highest BCUT2D eigenvalue weighted by atomic mass is 16.6. The first-order valence-electron chi connectivity index (χ1n) is 26.4. The van der Waals surface area contributed by atoms with Gasteiger partial charge in [-0.15, -0.1) is 0 Å². The van der Waals surface area contributed by atoms with Crippen LogP contribution >= 0.6 is 0 Å². The highest BCUT2D eigenvalue weighted by Gasteiger charge is 2.19. The van der Waals surface area contributed by atoms with Gasteiger partial charge in [-0.1, -0.05) is 190 Å². The Kier molecular flexibility index (Phi) is 48.9. The summed E-state index contributed by atoms with van der Waals surface area (Å²) in [5.41, 5.74) is 0. The first-order chi connectivity index (χ1) is 31.0. The summed E-state index contributed by atoms with van der Waals surface area (Å²) >= 11 is 0. The van der Waals surface area contributed by atoms with Gasteiger partial charge < -0.3 is 14.2 Å². The van der Waals surface area contributed by atoms with E-state index in [4.69, 9.17) is 14.2 Å². The van der Waals surface area contributed by atoms with Crippen molar-refractivity contribution in [3.63, 3.8) is 0 Å². The third-order valence-electron chi connectivity index (χ3n) is 11.2. The van der Waals surface area contributed by atoms with Crippen molar-refractivity contribution in [1.82, 2.24) is 0 Å². The third kappa shape index (κ3) is 49.7. The van der Waals surface area contributed by atoms with Gasteiger partial charge in [0.05, 0.1) is 0 Å². The zero-order valence-electron chi connectivity index (χ0n) is 41.3. The standard InChI is InChI=1S/C57H98O6/c1-4-7-10-13-16-19-22-25-26-27-28-29-30-33-35-38-41-44-47-50-56(59)62-53-54(63-57(60)51-48-45-42-39-36-32-24-21-18-15-12-9-6-3)52-61-55(58)49-46-43-40-37-34-31-23-20-17-14-11-8-5-2/h16,19-21,23-26,28-29,33,35,54H,4-15,17-18,22,27,30-32,34,36-53H2,1-3H3/b19-16-,23-20-,24-21-,26-25-,29-28-,35-33-/t54-/m1/s1. The summed E-state index contributed by atoms with van der Waals surface area (Å²) in [5, 5.41) is 0. The van der Waals surface area contributed by atoms with Gasteiger partial charge in [-0.3, -0.25) is 14.4 Å². The number of allylic oxidation sites excluding steroid dienone is 12. The van der Waals surface area contributed by atoms with Crippen LogP contribution in [0.5, 0.6) is 0 Å². The average Bonchev–Trinajstić information content (AvgIpc) is 3.28. The second kappa shape index (κ2) is 51.5. The molecule has 63 heavy (non-hydrogen) atoms. The molecule has 6 heteroatoms. The van der Waals surface area contributed by atoms with E-state index in [0.717, 1.165) is 103 Å². The van der Waals surface area contributed by atoms with E-state index >= 15 is 0 Å². The molecule has 0 bridgehead atoms. The van der Waals surface area contributed by atoms with Gasteiger partial charge in [0.2, 0.25) is 0 Å². The van der Waals surface area contributed by atoms with Gasteiger partial charge >= 0.3 is 17.9 Å². The second-order valence-corrected chi connectivity index (χ2v) is 17.4. The topological polar surface area (TPSA) is 78.9 Å². The minimum Gasteiger partial charge on any atom is -0.462 e. The minimum absolute atomic E-state index is 0.0934. The normalized spacial score (nSPS) is 12.6. The van der Waals surface area contributed by atoms with Crippen molar-refractivity contribution in [3.05, 3.63) is 72.9 Å². The smallest absolute Gasteiger partial charge is 0.306 e. The summed E-state index contributed by atoms with van der Waals surface area (Å²) in [6.45, 7) is 6.54. The van der Waals surface area contributed by atoms with Gasteiger partial charge in [0, 0.05) is 19.3 Å². The van der Waals surface area contributed by atoms with Crippen LogP contribution in [0.15, 0.2) is 72.9 Å². The first kappa shape index (κ1) is 59.9. The molecule has 0 aliphatic carbocycles. The molecule has 0 radical (unpaired) electrons. The molecular weight excluding hydrogens is 781 g/mol. The maximum Gasteiger partial charge on any atom is 0.306 e. The van der Waals surface area contributed by atoms with Crippen molar-refractivity contribution in [2.75, 3.05) is 13.2 Å². The van der Waals surface area contributed by atoms with E-state index in [1.54, 1.807) is 0 Å². The quantitative estimate of drug-likeness (QED) is 0.0262. The number of esters is 3. The van der Waals surface area contributed by atoms with Crippen LogP contribution in [0.25, 0.3) is 0 Å². The van der Waals surface area contributed by atoms with Crippen LogP contribution in [-0.2, 0) is 28.6 Å². The van der Waals surface area contributed by atoms with Crippen molar-refractivity contribution in [3.8, 4) is 0 Å². The highest BCUT2D eigenvalue weighted by Crippen LogP contribution is 2.13. The summed E-state index contributed by atoms with van der Waals surface area (Å²) in [4.78, 5) is 38.0. The molecule has 0 rings (SSSR count). The molecule has 0 fully saturated rings. The Balaban J connectivity index is 4.44. The lowest BCUT2D eigenvalue weighted by Gasteiger charge is -2.18. The molecule has 0 aliphatic heterocycles. The molecule has 0 heterocycles. The van der Waals surface area contributed by atoms with Crippen LogP contribution < -0.4 is 0 Å². The minimum atomic E-state index is -0.795. The fourth-order valence-corrected chi connectivity index (χ4v) is 7.12. The molecule has 0 saturated carbocycles. The molecular formula is C57H98O6. The maximum absolute atomic E-state index is 12.8. The third-order valence-corrected chi connectivity index (χ3v) is 11.2. The lowest BCUT2D eigenvalue weighted by Crippen LogP contribution is -2.30. The molecule has 0 N–H and O–H groups in total. The number of hydrogen-bond donors (Lipinski definition) is 0. The Bertz CT molecular complexity index is 1190. The van der Waals surface area contributed by atoms with E-state index in [2.05, 4.69) is 93.7 Å². The summed E-state index contributed by atoms with van der Waals surface area (Å²) < 4.78 is 16.8. The van der Waals surface area contributed by atoms with Crippen molar-refractivity contribution >= 4 is 17.9 Å².